The number of hydrogen-bond donors (Lipinski definition) is 0. The van der Waals surface area contributed by atoms with Crippen LogP contribution in [-0.4, -0.2) is 54.6 Å². The van der Waals surface area contributed by atoms with E-state index in [9.17, 15) is 0 Å². The van der Waals surface area contributed by atoms with E-state index in [2.05, 4.69) is 15.1 Å². The Hall–Kier alpha value is -0.980. The topological polar surface area (TPSA) is 60.6 Å². The van der Waals surface area contributed by atoms with Gasteiger partial charge in [0.1, 0.15) is 6.10 Å². The van der Waals surface area contributed by atoms with Crippen LogP contribution in [-0.2, 0) is 9.47 Å². The lowest BCUT2D eigenvalue weighted by atomic mass is 9.93. The highest BCUT2D eigenvalue weighted by atomic mass is 16.5. The van der Waals surface area contributed by atoms with Crippen LogP contribution in [0.3, 0.4) is 0 Å². The Morgan fingerprint density at radius 2 is 2.10 bits per heavy atom. The minimum Gasteiger partial charge on any atom is -0.422 e. The first-order valence-corrected chi connectivity index (χ1v) is 8.03. The van der Waals surface area contributed by atoms with Crippen LogP contribution in [0.15, 0.2) is 4.42 Å². The second kappa shape index (κ2) is 5.66. The van der Waals surface area contributed by atoms with Gasteiger partial charge in [-0.15, -0.1) is 10.2 Å². The van der Waals surface area contributed by atoms with Gasteiger partial charge in [0.05, 0.1) is 12.7 Å². The minimum atomic E-state index is 0.00220. The molecule has 0 bridgehead atoms. The molecule has 21 heavy (non-hydrogen) atoms. The van der Waals surface area contributed by atoms with Gasteiger partial charge in [0.2, 0.25) is 11.8 Å². The van der Waals surface area contributed by atoms with Crippen LogP contribution in [0.4, 0.5) is 0 Å². The van der Waals surface area contributed by atoms with E-state index in [-0.39, 0.29) is 6.10 Å². The number of piperidine rings is 1. The van der Waals surface area contributed by atoms with E-state index in [4.69, 9.17) is 13.9 Å². The summed E-state index contributed by atoms with van der Waals surface area (Å²) in [6.07, 6.45) is 4.82. The summed E-state index contributed by atoms with van der Waals surface area (Å²) < 4.78 is 17.1. The van der Waals surface area contributed by atoms with Gasteiger partial charge in [-0.1, -0.05) is 0 Å². The first-order valence-electron chi connectivity index (χ1n) is 8.03. The molecular formula is C15H23N3O3. The third-order valence-electron chi connectivity index (χ3n) is 4.87. The van der Waals surface area contributed by atoms with Gasteiger partial charge < -0.3 is 18.8 Å². The van der Waals surface area contributed by atoms with Gasteiger partial charge in [-0.3, -0.25) is 0 Å². The molecule has 0 N–H and O–H groups in total. The minimum absolute atomic E-state index is 0.00220. The lowest BCUT2D eigenvalue weighted by molar-refractivity contribution is -0.0115. The van der Waals surface area contributed by atoms with Crippen molar-refractivity contribution in [1.82, 2.24) is 15.1 Å². The van der Waals surface area contributed by atoms with Crippen LogP contribution in [0, 0.1) is 5.92 Å². The van der Waals surface area contributed by atoms with Crippen LogP contribution >= 0.6 is 0 Å². The molecular weight excluding hydrogens is 270 g/mol. The maximum absolute atomic E-state index is 6.16. The summed E-state index contributed by atoms with van der Waals surface area (Å²) in [4.78, 5) is 2.47. The van der Waals surface area contributed by atoms with E-state index in [1.165, 1.54) is 12.8 Å². The van der Waals surface area contributed by atoms with Gasteiger partial charge in [-0.25, -0.2) is 0 Å². The quantitative estimate of drug-likeness (QED) is 0.824. The van der Waals surface area contributed by atoms with Gasteiger partial charge in [0, 0.05) is 38.6 Å². The zero-order valence-electron chi connectivity index (χ0n) is 12.5. The van der Waals surface area contributed by atoms with Crippen molar-refractivity contribution in [2.75, 3.05) is 33.4 Å². The highest BCUT2D eigenvalue weighted by Crippen LogP contribution is 2.43. The molecule has 1 aromatic rings. The van der Waals surface area contributed by atoms with Gasteiger partial charge in [-0.05, 0) is 25.7 Å². The van der Waals surface area contributed by atoms with E-state index in [1.807, 2.05) is 0 Å². The molecule has 2 saturated heterocycles. The van der Waals surface area contributed by atoms with Gasteiger partial charge in [-0.2, -0.15) is 0 Å². The van der Waals surface area contributed by atoms with Crippen molar-refractivity contribution in [3.63, 3.8) is 0 Å². The Balaban J connectivity index is 1.37. The molecule has 2 aliphatic heterocycles. The number of fused-ring (bicyclic) bond motifs is 1. The normalized spacial score (nSPS) is 33.3. The Kier molecular flexibility index (Phi) is 3.69. The molecule has 0 amide bonds. The molecule has 3 heterocycles. The molecule has 3 atom stereocenters. The fourth-order valence-electron chi connectivity index (χ4n) is 3.49. The maximum atomic E-state index is 6.16. The summed E-state index contributed by atoms with van der Waals surface area (Å²) in [6, 6.07) is 0. The largest absolute Gasteiger partial charge is 0.422 e. The fraction of sp³-hybridized carbons (Fsp3) is 0.867. The number of rotatable bonds is 5. The zero-order chi connectivity index (χ0) is 14.2. The molecule has 1 saturated carbocycles. The Bertz CT molecular complexity index is 488. The average Bonchev–Trinajstić information content (AvgIpc) is 3.09. The molecule has 1 aliphatic carbocycles. The van der Waals surface area contributed by atoms with Crippen LogP contribution < -0.4 is 0 Å². The third kappa shape index (κ3) is 2.84. The molecule has 116 valence electrons. The fourth-order valence-corrected chi connectivity index (χ4v) is 3.49. The van der Waals surface area contributed by atoms with Crippen molar-refractivity contribution < 1.29 is 13.9 Å². The van der Waals surface area contributed by atoms with E-state index in [1.54, 1.807) is 7.11 Å². The SMILES string of the molecule is COCCN1CC[C@@H]2O[C@@H](c3nnc(C4CC4)o3)C[C@H]2C1. The van der Waals surface area contributed by atoms with Crippen molar-refractivity contribution in [3.05, 3.63) is 11.8 Å². The Labute approximate surface area is 124 Å². The first kappa shape index (κ1) is 13.7. The maximum Gasteiger partial charge on any atom is 0.245 e. The van der Waals surface area contributed by atoms with E-state index in [0.717, 1.165) is 45.0 Å². The molecule has 1 aromatic heterocycles. The number of likely N-dealkylation sites (tertiary alicyclic amines) is 1. The highest BCUT2D eigenvalue weighted by molar-refractivity contribution is 5.02. The Morgan fingerprint density at radius 3 is 2.90 bits per heavy atom. The molecule has 6 heteroatoms. The number of hydrogen-bond acceptors (Lipinski definition) is 6. The molecule has 0 unspecified atom stereocenters. The number of nitrogens with zero attached hydrogens (tertiary/aromatic N) is 3. The van der Waals surface area contributed by atoms with Crippen LogP contribution in [0.25, 0.3) is 0 Å². The van der Waals surface area contributed by atoms with Gasteiger partial charge in [0.25, 0.3) is 0 Å². The summed E-state index contributed by atoms with van der Waals surface area (Å²) in [7, 11) is 1.76. The lowest BCUT2D eigenvalue weighted by Crippen LogP contribution is -2.42. The van der Waals surface area contributed by atoms with Gasteiger partial charge >= 0.3 is 0 Å². The van der Waals surface area contributed by atoms with Crippen molar-refractivity contribution >= 4 is 0 Å². The summed E-state index contributed by atoms with van der Waals surface area (Å²) >= 11 is 0. The van der Waals surface area contributed by atoms with Gasteiger partial charge in [0.15, 0.2) is 0 Å². The monoisotopic (exact) mass is 293 g/mol. The predicted molar refractivity (Wildman–Crippen MR) is 74.9 cm³/mol. The molecule has 3 fully saturated rings. The zero-order valence-corrected chi connectivity index (χ0v) is 12.5. The highest BCUT2D eigenvalue weighted by Gasteiger charge is 2.42. The molecule has 0 radical (unpaired) electrons. The molecule has 0 aromatic carbocycles. The summed E-state index contributed by atoms with van der Waals surface area (Å²) in [5, 5.41) is 8.38. The van der Waals surface area contributed by atoms with Crippen molar-refractivity contribution in [1.29, 1.82) is 0 Å². The van der Waals surface area contributed by atoms with Crippen molar-refractivity contribution in [2.45, 2.75) is 43.8 Å². The summed E-state index contributed by atoms with van der Waals surface area (Å²) in [6.45, 7) is 4.00. The molecule has 3 aliphatic rings. The van der Waals surface area contributed by atoms with Crippen LogP contribution in [0.1, 0.15) is 49.5 Å². The smallest absolute Gasteiger partial charge is 0.245 e. The second-order valence-corrected chi connectivity index (χ2v) is 6.49. The molecule has 0 spiro atoms. The van der Waals surface area contributed by atoms with Crippen molar-refractivity contribution in [3.8, 4) is 0 Å². The lowest BCUT2D eigenvalue weighted by Gasteiger charge is -2.33. The summed E-state index contributed by atoms with van der Waals surface area (Å²) in [5.74, 6) is 2.59. The number of methoxy groups -OCH3 is 1. The first-order chi connectivity index (χ1) is 10.3. The van der Waals surface area contributed by atoms with Crippen LogP contribution in [0.5, 0.6) is 0 Å². The average molecular weight is 293 g/mol. The summed E-state index contributed by atoms with van der Waals surface area (Å²) in [5.41, 5.74) is 0. The van der Waals surface area contributed by atoms with E-state index < -0.39 is 0 Å². The van der Waals surface area contributed by atoms with E-state index in [0.29, 0.717) is 23.8 Å². The van der Waals surface area contributed by atoms with Crippen LogP contribution in [0.2, 0.25) is 0 Å². The van der Waals surface area contributed by atoms with Crippen molar-refractivity contribution in [2.24, 2.45) is 5.92 Å². The molecule has 6 nitrogen and oxygen atoms in total. The second-order valence-electron chi connectivity index (χ2n) is 6.49. The number of ether oxygens (including phenoxy) is 2. The molecule has 4 rings (SSSR count). The van der Waals surface area contributed by atoms with E-state index >= 15 is 0 Å². The Morgan fingerprint density at radius 1 is 1.24 bits per heavy atom. The standard InChI is InChI=1S/C15H23N3O3/c1-19-7-6-18-5-4-12-11(9-18)8-13(20-12)15-17-16-14(21-15)10-2-3-10/h10-13H,2-9H2,1H3/t11-,12-,13+/m0/s1. The predicted octanol–water partition coefficient (Wildman–Crippen LogP) is 1.75. The third-order valence-corrected chi connectivity index (χ3v) is 4.87. The number of aromatic nitrogens is 2.